The van der Waals surface area contributed by atoms with Crippen LogP contribution < -0.4 is 14.8 Å². The number of sulfonamides is 1. The molecule has 152 valence electrons. The van der Waals surface area contributed by atoms with Crippen LogP contribution in [-0.4, -0.2) is 50.7 Å². The number of hydrogen-bond acceptors (Lipinski definition) is 5. The topological polar surface area (TPSA) is 84.9 Å². The lowest BCUT2D eigenvalue weighted by Gasteiger charge is -2.30. The number of benzene rings is 1. The van der Waals surface area contributed by atoms with Crippen molar-refractivity contribution in [3.8, 4) is 11.5 Å². The van der Waals surface area contributed by atoms with E-state index in [-0.39, 0.29) is 30.2 Å². The molecule has 1 aromatic carbocycles. The first-order valence-electron chi connectivity index (χ1n) is 9.36. The normalized spacial score (nSPS) is 18.3. The van der Waals surface area contributed by atoms with Crippen LogP contribution in [0.2, 0.25) is 0 Å². The highest BCUT2D eigenvalue weighted by molar-refractivity contribution is 7.89. The summed E-state index contributed by atoms with van der Waals surface area (Å²) >= 11 is 0. The zero-order valence-electron chi connectivity index (χ0n) is 16.5. The Hall–Kier alpha value is -1.80. The second kappa shape index (κ2) is 9.41. The van der Waals surface area contributed by atoms with Crippen molar-refractivity contribution in [2.24, 2.45) is 5.92 Å². The molecule has 1 N–H and O–H groups in total. The first-order valence-corrected chi connectivity index (χ1v) is 11.0. The van der Waals surface area contributed by atoms with E-state index in [1.807, 2.05) is 32.0 Å². The fourth-order valence-electron chi connectivity index (χ4n) is 3.10. The molecular formula is C19H30N2O5S. The lowest BCUT2D eigenvalue weighted by molar-refractivity contribution is -0.126. The van der Waals surface area contributed by atoms with Gasteiger partial charge in [-0.3, -0.25) is 4.79 Å². The van der Waals surface area contributed by atoms with Crippen LogP contribution in [0.5, 0.6) is 11.5 Å². The number of carbonyl (C=O) groups is 1. The summed E-state index contributed by atoms with van der Waals surface area (Å²) in [5.74, 6) is 0.910. The summed E-state index contributed by atoms with van der Waals surface area (Å²) in [6.07, 6.45) is 1.44. The van der Waals surface area contributed by atoms with Crippen LogP contribution in [0.15, 0.2) is 18.2 Å². The highest BCUT2D eigenvalue weighted by Crippen LogP contribution is 2.29. The van der Waals surface area contributed by atoms with Gasteiger partial charge in [-0.05, 0) is 51.3 Å². The molecule has 1 saturated heterocycles. The number of nitrogens with zero attached hydrogens (tertiary/aromatic N) is 1. The van der Waals surface area contributed by atoms with E-state index < -0.39 is 10.0 Å². The van der Waals surface area contributed by atoms with Crippen LogP contribution in [0.4, 0.5) is 0 Å². The van der Waals surface area contributed by atoms with E-state index >= 15 is 0 Å². The van der Waals surface area contributed by atoms with Gasteiger partial charge in [-0.25, -0.2) is 12.7 Å². The van der Waals surface area contributed by atoms with E-state index in [2.05, 4.69) is 5.32 Å². The van der Waals surface area contributed by atoms with E-state index in [4.69, 9.17) is 9.47 Å². The fraction of sp³-hybridized carbons (Fsp3) is 0.632. The predicted molar refractivity (Wildman–Crippen MR) is 104 cm³/mol. The Kier molecular flexibility index (Phi) is 7.49. The second-order valence-electron chi connectivity index (χ2n) is 6.97. The van der Waals surface area contributed by atoms with Crippen molar-refractivity contribution < 1.29 is 22.7 Å². The number of hydrogen-bond donors (Lipinski definition) is 1. The van der Waals surface area contributed by atoms with Gasteiger partial charge in [-0.2, -0.15) is 0 Å². The van der Waals surface area contributed by atoms with Crippen LogP contribution in [0.1, 0.15) is 39.2 Å². The second-order valence-corrected chi connectivity index (χ2v) is 9.22. The summed E-state index contributed by atoms with van der Waals surface area (Å²) in [5, 5.41) is 2.91. The Labute approximate surface area is 162 Å². The minimum Gasteiger partial charge on any atom is -0.493 e. The lowest BCUT2D eigenvalue weighted by Crippen LogP contribution is -2.45. The van der Waals surface area contributed by atoms with E-state index in [9.17, 15) is 13.2 Å². The maximum absolute atomic E-state index is 12.5. The molecule has 7 nitrogen and oxygen atoms in total. The zero-order chi connectivity index (χ0) is 20.0. The molecule has 0 radical (unpaired) electrons. The number of nitrogens with one attached hydrogen (secondary N) is 1. The Morgan fingerprint density at radius 1 is 1.33 bits per heavy atom. The van der Waals surface area contributed by atoms with Gasteiger partial charge in [0.25, 0.3) is 0 Å². The van der Waals surface area contributed by atoms with Gasteiger partial charge in [0.1, 0.15) is 0 Å². The van der Waals surface area contributed by atoms with Gasteiger partial charge < -0.3 is 14.8 Å². The van der Waals surface area contributed by atoms with Gasteiger partial charge >= 0.3 is 0 Å². The van der Waals surface area contributed by atoms with Crippen molar-refractivity contribution in [2.75, 3.05) is 26.0 Å². The van der Waals surface area contributed by atoms with Crippen molar-refractivity contribution in [1.29, 1.82) is 0 Å². The molecule has 0 spiro atoms. The molecule has 1 aliphatic rings. The van der Waals surface area contributed by atoms with Gasteiger partial charge in [0.2, 0.25) is 15.9 Å². The Bertz CT molecular complexity index is 748. The summed E-state index contributed by atoms with van der Waals surface area (Å²) in [6, 6.07) is 5.55. The first-order chi connectivity index (χ1) is 12.8. The molecule has 1 fully saturated rings. The number of methoxy groups -OCH3 is 1. The van der Waals surface area contributed by atoms with Crippen molar-refractivity contribution >= 4 is 15.9 Å². The number of carbonyl (C=O) groups excluding carboxylic acids is 1. The third kappa shape index (κ3) is 5.84. The van der Waals surface area contributed by atoms with Crippen LogP contribution >= 0.6 is 0 Å². The highest BCUT2D eigenvalue weighted by Gasteiger charge is 2.31. The molecule has 1 aromatic rings. The summed E-state index contributed by atoms with van der Waals surface area (Å²) in [6.45, 7) is 6.62. The Morgan fingerprint density at radius 3 is 2.70 bits per heavy atom. The maximum atomic E-state index is 12.5. The van der Waals surface area contributed by atoms with Crippen molar-refractivity contribution in [2.45, 2.75) is 46.3 Å². The van der Waals surface area contributed by atoms with E-state index in [0.29, 0.717) is 37.4 Å². The summed E-state index contributed by atoms with van der Waals surface area (Å²) in [4.78, 5) is 12.5. The van der Waals surface area contributed by atoms with Crippen LogP contribution in [0.3, 0.4) is 0 Å². The largest absolute Gasteiger partial charge is 0.493 e. The van der Waals surface area contributed by atoms with E-state index in [1.165, 1.54) is 4.31 Å². The molecule has 1 atom stereocenters. The molecule has 0 aliphatic carbocycles. The average Bonchev–Trinajstić information content (AvgIpc) is 2.66. The Morgan fingerprint density at radius 2 is 2.07 bits per heavy atom. The van der Waals surface area contributed by atoms with Gasteiger partial charge in [0, 0.05) is 19.6 Å². The third-order valence-electron chi connectivity index (χ3n) is 4.57. The fourth-order valence-corrected chi connectivity index (χ4v) is 4.28. The van der Waals surface area contributed by atoms with Crippen molar-refractivity contribution in [3.05, 3.63) is 23.8 Å². The summed E-state index contributed by atoms with van der Waals surface area (Å²) in [7, 11) is -1.68. The molecule has 27 heavy (non-hydrogen) atoms. The minimum absolute atomic E-state index is 0.0399. The Balaban J connectivity index is 1.97. The molecule has 0 saturated carbocycles. The smallest absolute Gasteiger partial charge is 0.224 e. The zero-order valence-corrected chi connectivity index (χ0v) is 17.3. The highest BCUT2D eigenvalue weighted by atomic mass is 32.2. The van der Waals surface area contributed by atoms with Crippen LogP contribution in [0.25, 0.3) is 0 Å². The van der Waals surface area contributed by atoms with Crippen LogP contribution in [0, 0.1) is 5.92 Å². The number of rotatable bonds is 8. The molecule has 2 rings (SSSR count). The van der Waals surface area contributed by atoms with Gasteiger partial charge in [0.05, 0.1) is 24.9 Å². The molecule has 0 unspecified atom stereocenters. The average molecular weight is 399 g/mol. The number of amides is 1. The molecule has 1 aliphatic heterocycles. The van der Waals surface area contributed by atoms with Gasteiger partial charge in [-0.15, -0.1) is 0 Å². The predicted octanol–water partition coefficient (Wildman–Crippen LogP) is 2.16. The monoisotopic (exact) mass is 398 g/mol. The number of ether oxygens (including phenoxy) is 2. The van der Waals surface area contributed by atoms with Gasteiger partial charge in [0.15, 0.2) is 11.5 Å². The standard InChI is InChI=1S/C19H30N2O5S/c1-5-27(23,24)21-10-6-7-16(13-21)19(22)20-12-15-8-9-17(26-14(2)3)18(11-15)25-4/h8-9,11,14,16H,5-7,10,12-13H2,1-4H3,(H,20,22)/t16-/m0/s1. The van der Waals surface area contributed by atoms with Crippen molar-refractivity contribution in [3.63, 3.8) is 0 Å². The molecule has 8 heteroatoms. The van der Waals surface area contributed by atoms with Gasteiger partial charge in [-0.1, -0.05) is 6.07 Å². The van der Waals surface area contributed by atoms with E-state index in [0.717, 1.165) is 5.56 Å². The maximum Gasteiger partial charge on any atom is 0.224 e. The molecule has 0 bridgehead atoms. The minimum atomic E-state index is -3.26. The quantitative estimate of drug-likeness (QED) is 0.725. The molecule has 1 heterocycles. The molecule has 1 amide bonds. The van der Waals surface area contributed by atoms with Crippen LogP contribution in [-0.2, 0) is 21.4 Å². The van der Waals surface area contributed by atoms with E-state index in [1.54, 1.807) is 14.0 Å². The summed E-state index contributed by atoms with van der Waals surface area (Å²) in [5.41, 5.74) is 0.894. The van der Waals surface area contributed by atoms with Crippen molar-refractivity contribution in [1.82, 2.24) is 9.62 Å². The summed E-state index contributed by atoms with van der Waals surface area (Å²) < 4.78 is 36.6. The molecular weight excluding hydrogens is 368 g/mol. The SMILES string of the molecule is CCS(=O)(=O)N1CCC[C@H](C(=O)NCc2ccc(OC(C)C)c(OC)c2)C1. The first kappa shape index (κ1) is 21.5. The molecule has 0 aromatic heterocycles. The third-order valence-corrected chi connectivity index (χ3v) is 6.42. The number of piperidine rings is 1. The lowest BCUT2D eigenvalue weighted by atomic mass is 9.98.